The van der Waals surface area contributed by atoms with Gasteiger partial charge in [0.05, 0.1) is 23.5 Å². The van der Waals surface area contributed by atoms with Crippen molar-refractivity contribution in [3.05, 3.63) is 87.4 Å². The molecule has 1 N–H and O–H groups in total. The Hall–Kier alpha value is -2.77. The van der Waals surface area contributed by atoms with E-state index in [9.17, 15) is 4.79 Å². The lowest BCUT2D eigenvalue weighted by atomic mass is 10.2. The molecule has 0 fully saturated rings. The second-order valence-electron chi connectivity index (χ2n) is 7.20. The summed E-state index contributed by atoms with van der Waals surface area (Å²) >= 11 is 5.01. The lowest BCUT2D eigenvalue weighted by molar-refractivity contribution is -0.118. The van der Waals surface area contributed by atoms with E-state index in [0.717, 1.165) is 20.5 Å². The van der Waals surface area contributed by atoms with E-state index in [1.54, 1.807) is 13.3 Å². The quantitative estimate of drug-likeness (QED) is 0.220. The third kappa shape index (κ3) is 7.14. The summed E-state index contributed by atoms with van der Waals surface area (Å²) in [4.78, 5) is 13.1. The third-order valence-electron chi connectivity index (χ3n) is 4.55. The predicted molar refractivity (Wildman–Crippen MR) is 134 cm³/mol. The molecule has 0 aliphatic heterocycles. The zero-order chi connectivity index (χ0) is 22.9. The molecule has 0 unspecified atom stereocenters. The fourth-order valence-electron chi connectivity index (χ4n) is 2.79. The lowest BCUT2D eigenvalue weighted by Gasteiger charge is -2.13. The Kier molecular flexibility index (Phi) is 8.76. The number of hydrogen-bond donors (Lipinski definition) is 1. The van der Waals surface area contributed by atoms with Crippen molar-refractivity contribution in [1.82, 2.24) is 5.43 Å². The molecule has 0 aliphatic rings. The number of amides is 1. The predicted octanol–water partition coefficient (Wildman–Crippen LogP) is 5.90. The van der Waals surface area contributed by atoms with Crippen LogP contribution in [0.25, 0.3) is 0 Å². The monoisotopic (exact) mass is 512 g/mol. The van der Waals surface area contributed by atoms with Crippen molar-refractivity contribution in [1.29, 1.82) is 0 Å². The normalized spacial score (nSPS) is 10.9. The number of carbonyl (C=O) groups is 1. The molecule has 3 rings (SSSR count). The highest BCUT2D eigenvalue weighted by Gasteiger charge is 2.12. The first-order chi connectivity index (χ1) is 15.4. The van der Waals surface area contributed by atoms with E-state index in [1.165, 1.54) is 22.9 Å². The zero-order valence-corrected chi connectivity index (χ0v) is 20.6. The number of carbonyl (C=O) groups excluding carboxylic acids is 1. The zero-order valence-electron chi connectivity index (χ0n) is 18.2. The molecule has 0 radical (unpaired) electrons. The molecule has 0 saturated heterocycles. The number of hydrogen-bond acceptors (Lipinski definition) is 5. The lowest BCUT2D eigenvalue weighted by Crippen LogP contribution is -2.19. The van der Waals surface area contributed by atoms with Gasteiger partial charge in [0, 0.05) is 4.90 Å². The van der Waals surface area contributed by atoms with E-state index in [-0.39, 0.29) is 5.91 Å². The fourth-order valence-corrected chi connectivity index (χ4v) is 4.05. The summed E-state index contributed by atoms with van der Waals surface area (Å²) in [5.74, 6) is 1.31. The van der Waals surface area contributed by atoms with Crippen LogP contribution >= 0.6 is 27.7 Å². The number of methoxy groups -OCH3 is 1. The molecule has 0 bridgehead atoms. The van der Waals surface area contributed by atoms with Crippen molar-refractivity contribution < 1.29 is 14.3 Å². The maximum Gasteiger partial charge on any atom is 0.250 e. The number of benzene rings is 3. The maximum absolute atomic E-state index is 12.1. The molecular formula is C25H25BrN2O3S. The number of ether oxygens (including phenoxy) is 2. The average Bonchev–Trinajstić information content (AvgIpc) is 2.79. The van der Waals surface area contributed by atoms with Crippen molar-refractivity contribution in [2.75, 3.05) is 12.9 Å². The van der Waals surface area contributed by atoms with E-state index < -0.39 is 0 Å². The Balaban J connectivity index is 1.57. The second kappa shape index (κ2) is 11.7. The highest BCUT2D eigenvalue weighted by molar-refractivity contribution is 9.10. The van der Waals surface area contributed by atoms with Crippen LogP contribution in [0.5, 0.6) is 11.5 Å². The molecule has 1 amide bonds. The van der Waals surface area contributed by atoms with Gasteiger partial charge < -0.3 is 9.47 Å². The molecule has 3 aromatic rings. The Labute approximate surface area is 201 Å². The van der Waals surface area contributed by atoms with Crippen molar-refractivity contribution >= 4 is 39.8 Å². The van der Waals surface area contributed by atoms with Gasteiger partial charge in [0.15, 0.2) is 11.5 Å². The molecule has 0 heterocycles. The van der Waals surface area contributed by atoms with Gasteiger partial charge in [0.25, 0.3) is 0 Å². The van der Waals surface area contributed by atoms with Gasteiger partial charge in [-0.05, 0) is 65.2 Å². The van der Waals surface area contributed by atoms with Crippen LogP contribution < -0.4 is 14.9 Å². The van der Waals surface area contributed by atoms with Crippen LogP contribution in [0.2, 0.25) is 0 Å². The molecule has 0 atom stereocenters. The summed E-state index contributed by atoms with van der Waals surface area (Å²) in [5.41, 5.74) is 6.79. The first-order valence-electron chi connectivity index (χ1n) is 10.0. The van der Waals surface area contributed by atoms with E-state index in [2.05, 4.69) is 45.5 Å². The second-order valence-corrected chi connectivity index (χ2v) is 9.11. The van der Waals surface area contributed by atoms with Crippen molar-refractivity contribution in [2.24, 2.45) is 5.10 Å². The van der Waals surface area contributed by atoms with Crippen molar-refractivity contribution in [3.8, 4) is 11.5 Å². The van der Waals surface area contributed by atoms with E-state index in [4.69, 9.17) is 9.47 Å². The largest absolute Gasteiger partial charge is 0.493 e. The van der Waals surface area contributed by atoms with Crippen LogP contribution in [-0.2, 0) is 11.4 Å². The SMILES string of the molecule is COc1cc(/C=N\NC(=O)CSc2ccc(C)cc2)cc(Br)c1OCc1ccc(C)cc1. The molecule has 0 aliphatic carbocycles. The summed E-state index contributed by atoms with van der Waals surface area (Å²) < 4.78 is 12.2. The van der Waals surface area contributed by atoms with E-state index in [1.807, 2.05) is 55.5 Å². The highest BCUT2D eigenvalue weighted by Crippen LogP contribution is 2.36. The van der Waals surface area contributed by atoms with Gasteiger partial charge in [-0.25, -0.2) is 5.43 Å². The summed E-state index contributed by atoms with van der Waals surface area (Å²) in [6.45, 7) is 4.51. The average molecular weight is 513 g/mol. The minimum absolute atomic E-state index is 0.170. The van der Waals surface area contributed by atoms with Gasteiger partial charge in [-0.3, -0.25) is 4.79 Å². The molecule has 7 heteroatoms. The number of thioether (sulfide) groups is 1. The molecule has 166 valence electrons. The number of nitrogens with one attached hydrogen (secondary N) is 1. The Morgan fingerprint density at radius 3 is 2.38 bits per heavy atom. The third-order valence-corrected chi connectivity index (χ3v) is 6.15. The smallest absolute Gasteiger partial charge is 0.250 e. The number of aryl methyl sites for hydroxylation is 2. The van der Waals surface area contributed by atoms with Gasteiger partial charge in [-0.1, -0.05) is 47.5 Å². The Morgan fingerprint density at radius 1 is 1.06 bits per heavy atom. The van der Waals surface area contributed by atoms with Gasteiger partial charge in [0.2, 0.25) is 5.91 Å². The molecule has 0 aromatic heterocycles. The first-order valence-corrected chi connectivity index (χ1v) is 11.8. The number of halogens is 1. The topological polar surface area (TPSA) is 59.9 Å². The molecule has 0 spiro atoms. The van der Waals surface area contributed by atoms with Crippen molar-refractivity contribution in [2.45, 2.75) is 25.3 Å². The van der Waals surface area contributed by atoms with Crippen molar-refractivity contribution in [3.63, 3.8) is 0 Å². The molecule has 32 heavy (non-hydrogen) atoms. The van der Waals surface area contributed by atoms with Crippen LogP contribution in [0.1, 0.15) is 22.3 Å². The highest BCUT2D eigenvalue weighted by atomic mass is 79.9. The standard InChI is InChI=1S/C25H25BrN2O3S/c1-17-4-8-19(9-5-17)15-31-25-22(26)12-20(13-23(25)30-3)14-27-28-24(29)16-32-21-10-6-18(2)7-11-21/h4-14H,15-16H2,1-3H3,(H,28,29)/b27-14-. The van der Waals surface area contributed by atoms with Crippen LogP contribution in [-0.4, -0.2) is 25.0 Å². The summed E-state index contributed by atoms with van der Waals surface area (Å²) in [7, 11) is 1.59. The molecular weight excluding hydrogens is 488 g/mol. The Morgan fingerprint density at radius 2 is 1.72 bits per heavy atom. The minimum Gasteiger partial charge on any atom is -0.493 e. The van der Waals surface area contributed by atoms with Crippen LogP contribution in [0.4, 0.5) is 0 Å². The maximum atomic E-state index is 12.1. The molecule has 3 aromatic carbocycles. The van der Waals surface area contributed by atoms with E-state index in [0.29, 0.717) is 23.9 Å². The number of nitrogens with zero attached hydrogens (tertiary/aromatic N) is 1. The number of rotatable bonds is 9. The van der Waals surface area contributed by atoms with Gasteiger partial charge in [-0.15, -0.1) is 11.8 Å². The summed E-state index contributed by atoms with van der Waals surface area (Å²) in [5, 5.41) is 4.06. The minimum atomic E-state index is -0.170. The molecule has 5 nitrogen and oxygen atoms in total. The van der Waals surface area contributed by atoms with E-state index >= 15 is 0 Å². The van der Waals surface area contributed by atoms with Crippen LogP contribution in [0.3, 0.4) is 0 Å². The summed E-state index contributed by atoms with van der Waals surface area (Å²) in [6.07, 6.45) is 1.57. The van der Waals surface area contributed by atoms with Crippen LogP contribution in [0.15, 0.2) is 75.1 Å². The first kappa shape index (κ1) is 23.9. The fraction of sp³-hybridized carbons (Fsp3) is 0.200. The number of hydrazone groups is 1. The molecule has 0 saturated carbocycles. The van der Waals surface area contributed by atoms with Gasteiger partial charge in [-0.2, -0.15) is 5.10 Å². The van der Waals surface area contributed by atoms with Gasteiger partial charge in [0.1, 0.15) is 6.61 Å². The summed E-state index contributed by atoms with van der Waals surface area (Å²) in [6, 6.07) is 19.9. The van der Waals surface area contributed by atoms with Crippen LogP contribution in [0, 0.1) is 13.8 Å². The van der Waals surface area contributed by atoms with Gasteiger partial charge >= 0.3 is 0 Å². The Bertz CT molecular complexity index is 1080.